The molecule has 6 nitrogen and oxygen atoms in total. The van der Waals surface area contributed by atoms with Crippen molar-refractivity contribution in [3.63, 3.8) is 0 Å². The monoisotopic (exact) mass is 247 g/mol. The molecular weight excluding hydrogens is 230 g/mol. The molecule has 2 heterocycles. The zero-order valence-corrected chi connectivity index (χ0v) is 10.0. The van der Waals surface area contributed by atoms with Crippen LogP contribution in [0.1, 0.15) is 19.3 Å². The second kappa shape index (κ2) is 4.67. The van der Waals surface area contributed by atoms with E-state index in [2.05, 4.69) is 5.29 Å². The number of rotatable bonds is 3. The zero-order valence-electron chi connectivity index (χ0n) is 9.21. The zero-order chi connectivity index (χ0) is 11.6. The standard InChI is InChI=1S/C9H17N3O3S/c13-10-11-5-2-9(3-6-11)8-12-4-1-7-16(12,14)15/h9H,1-8H2. The summed E-state index contributed by atoms with van der Waals surface area (Å²) in [6, 6.07) is 0. The maximum absolute atomic E-state index is 11.6. The lowest BCUT2D eigenvalue weighted by Crippen LogP contribution is -2.37. The lowest BCUT2D eigenvalue weighted by atomic mass is 9.98. The summed E-state index contributed by atoms with van der Waals surface area (Å²) in [5.41, 5.74) is 0. The third-order valence-corrected chi connectivity index (χ3v) is 5.29. The van der Waals surface area contributed by atoms with Gasteiger partial charge in [-0.15, -0.1) is 4.91 Å². The van der Waals surface area contributed by atoms with E-state index in [1.807, 2.05) is 0 Å². The van der Waals surface area contributed by atoms with Gasteiger partial charge in [-0.3, -0.25) is 5.01 Å². The fourth-order valence-electron chi connectivity index (χ4n) is 2.37. The summed E-state index contributed by atoms with van der Waals surface area (Å²) in [6.45, 7) is 2.59. The van der Waals surface area contributed by atoms with E-state index in [1.54, 1.807) is 4.31 Å². The lowest BCUT2D eigenvalue weighted by Gasteiger charge is -2.29. The van der Waals surface area contributed by atoms with Gasteiger partial charge in [-0.25, -0.2) is 12.7 Å². The van der Waals surface area contributed by atoms with Crippen molar-refractivity contribution in [2.45, 2.75) is 19.3 Å². The SMILES string of the molecule is O=NN1CCC(CN2CCCS2(=O)=O)CC1. The number of hydrogen-bond acceptors (Lipinski definition) is 4. The van der Waals surface area contributed by atoms with Crippen LogP contribution in [0, 0.1) is 10.8 Å². The van der Waals surface area contributed by atoms with Gasteiger partial charge < -0.3 is 0 Å². The molecule has 0 atom stereocenters. The van der Waals surface area contributed by atoms with Crippen molar-refractivity contribution in [3.8, 4) is 0 Å². The van der Waals surface area contributed by atoms with E-state index in [9.17, 15) is 13.3 Å². The van der Waals surface area contributed by atoms with Gasteiger partial charge in [-0.05, 0) is 25.2 Å². The first-order valence-electron chi connectivity index (χ1n) is 5.68. The van der Waals surface area contributed by atoms with Crippen LogP contribution in [0.4, 0.5) is 0 Å². The molecule has 0 N–H and O–H groups in total. The van der Waals surface area contributed by atoms with Crippen LogP contribution in [0.3, 0.4) is 0 Å². The molecule has 0 bridgehead atoms. The van der Waals surface area contributed by atoms with Crippen LogP contribution >= 0.6 is 0 Å². The quantitative estimate of drug-likeness (QED) is 0.677. The van der Waals surface area contributed by atoms with Gasteiger partial charge in [0.2, 0.25) is 10.0 Å². The molecule has 0 saturated carbocycles. The van der Waals surface area contributed by atoms with Crippen LogP contribution < -0.4 is 0 Å². The Labute approximate surface area is 95.6 Å². The van der Waals surface area contributed by atoms with E-state index in [0.717, 1.165) is 19.3 Å². The van der Waals surface area contributed by atoms with Gasteiger partial charge in [-0.2, -0.15) is 0 Å². The fraction of sp³-hybridized carbons (Fsp3) is 1.00. The van der Waals surface area contributed by atoms with Crippen molar-refractivity contribution in [3.05, 3.63) is 4.91 Å². The molecule has 2 fully saturated rings. The largest absolute Gasteiger partial charge is 0.261 e. The smallest absolute Gasteiger partial charge is 0.214 e. The van der Waals surface area contributed by atoms with E-state index in [-0.39, 0.29) is 0 Å². The lowest BCUT2D eigenvalue weighted by molar-refractivity contribution is 0.173. The molecular formula is C9H17N3O3S. The summed E-state index contributed by atoms with van der Waals surface area (Å²) in [5, 5.41) is 4.40. The van der Waals surface area contributed by atoms with Crippen LogP contribution in [0.2, 0.25) is 0 Å². The highest BCUT2D eigenvalue weighted by atomic mass is 32.2. The number of piperidine rings is 1. The predicted molar refractivity (Wildman–Crippen MR) is 60.1 cm³/mol. The molecule has 0 spiro atoms. The van der Waals surface area contributed by atoms with Crippen molar-refractivity contribution in [1.29, 1.82) is 0 Å². The van der Waals surface area contributed by atoms with E-state index >= 15 is 0 Å². The molecule has 92 valence electrons. The third kappa shape index (κ3) is 2.52. The highest BCUT2D eigenvalue weighted by Gasteiger charge is 2.31. The second-order valence-corrected chi connectivity index (χ2v) is 6.59. The normalized spacial score (nSPS) is 27.1. The summed E-state index contributed by atoms with van der Waals surface area (Å²) >= 11 is 0. The van der Waals surface area contributed by atoms with Crippen molar-refractivity contribution in [2.24, 2.45) is 11.2 Å². The average molecular weight is 247 g/mol. The molecule has 2 aliphatic rings. The minimum Gasteiger partial charge on any atom is -0.261 e. The summed E-state index contributed by atoms with van der Waals surface area (Å²) in [6.07, 6.45) is 2.46. The number of nitrogens with zero attached hydrogens (tertiary/aromatic N) is 3. The van der Waals surface area contributed by atoms with Crippen LogP contribution in [0.15, 0.2) is 5.29 Å². The van der Waals surface area contributed by atoms with Gasteiger partial charge in [0.05, 0.1) is 11.0 Å². The van der Waals surface area contributed by atoms with Crippen LogP contribution in [-0.2, 0) is 10.0 Å². The third-order valence-electron chi connectivity index (χ3n) is 3.37. The Balaban J connectivity index is 1.85. The minimum atomic E-state index is -2.97. The molecule has 7 heteroatoms. The topological polar surface area (TPSA) is 70.1 Å². The first-order chi connectivity index (χ1) is 7.62. The predicted octanol–water partition coefficient (Wildman–Crippen LogP) is 0.415. The molecule has 0 aromatic rings. The summed E-state index contributed by atoms with van der Waals surface area (Å²) < 4.78 is 24.8. The van der Waals surface area contributed by atoms with Gasteiger partial charge in [0.15, 0.2) is 0 Å². The van der Waals surface area contributed by atoms with Gasteiger partial charge >= 0.3 is 0 Å². The Morgan fingerprint density at radius 1 is 1.19 bits per heavy atom. The molecule has 0 unspecified atom stereocenters. The first kappa shape index (κ1) is 11.8. The van der Waals surface area contributed by atoms with E-state index in [4.69, 9.17) is 0 Å². The van der Waals surface area contributed by atoms with E-state index in [1.165, 1.54) is 5.01 Å². The van der Waals surface area contributed by atoms with Crippen LogP contribution in [-0.4, -0.2) is 49.7 Å². The summed E-state index contributed by atoms with van der Waals surface area (Å²) in [7, 11) is -2.97. The van der Waals surface area contributed by atoms with Gasteiger partial charge in [-0.1, -0.05) is 0 Å². The number of nitroso groups, excluding NO2 is 1. The van der Waals surface area contributed by atoms with E-state index in [0.29, 0.717) is 37.8 Å². The van der Waals surface area contributed by atoms with Gasteiger partial charge in [0.1, 0.15) is 0 Å². The molecule has 0 aromatic carbocycles. The van der Waals surface area contributed by atoms with Crippen molar-refractivity contribution in [2.75, 3.05) is 31.9 Å². The Kier molecular flexibility index (Phi) is 3.44. The molecule has 0 aliphatic carbocycles. The summed E-state index contributed by atoms with van der Waals surface area (Å²) in [5.74, 6) is 0.674. The van der Waals surface area contributed by atoms with Crippen LogP contribution in [0.5, 0.6) is 0 Å². The van der Waals surface area contributed by atoms with E-state index < -0.39 is 10.0 Å². The Hall–Kier alpha value is -0.690. The number of sulfonamides is 1. The molecule has 2 saturated heterocycles. The molecule has 16 heavy (non-hydrogen) atoms. The molecule has 0 amide bonds. The Morgan fingerprint density at radius 2 is 1.88 bits per heavy atom. The number of hydrogen-bond donors (Lipinski definition) is 0. The highest BCUT2D eigenvalue weighted by molar-refractivity contribution is 7.89. The first-order valence-corrected chi connectivity index (χ1v) is 7.29. The van der Waals surface area contributed by atoms with Crippen molar-refractivity contribution < 1.29 is 8.42 Å². The molecule has 0 radical (unpaired) electrons. The maximum Gasteiger partial charge on any atom is 0.214 e. The molecule has 0 aromatic heterocycles. The minimum absolute atomic E-state index is 0.293. The summed E-state index contributed by atoms with van der Waals surface area (Å²) in [4.78, 5) is 10.3. The Morgan fingerprint density at radius 3 is 2.38 bits per heavy atom. The highest BCUT2D eigenvalue weighted by Crippen LogP contribution is 2.22. The second-order valence-electron chi connectivity index (χ2n) is 4.51. The van der Waals surface area contributed by atoms with Gasteiger partial charge in [0.25, 0.3) is 0 Å². The van der Waals surface area contributed by atoms with Crippen molar-refractivity contribution >= 4 is 10.0 Å². The Bertz CT molecular complexity index is 349. The maximum atomic E-state index is 11.6. The van der Waals surface area contributed by atoms with Crippen LogP contribution in [0.25, 0.3) is 0 Å². The average Bonchev–Trinajstić information content (AvgIpc) is 2.59. The molecule has 2 aliphatic heterocycles. The van der Waals surface area contributed by atoms with Gasteiger partial charge in [0, 0.05) is 26.2 Å². The fourth-order valence-corrected chi connectivity index (χ4v) is 3.97. The van der Waals surface area contributed by atoms with Crippen molar-refractivity contribution in [1.82, 2.24) is 9.31 Å². The molecule has 2 rings (SSSR count).